The predicted molar refractivity (Wildman–Crippen MR) is 53.3 cm³/mol. The smallest absolute Gasteiger partial charge is 0.219 e. The fourth-order valence-corrected chi connectivity index (χ4v) is 2.09. The van der Waals surface area contributed by atoms with E-state index in [1.807, 2.05) is 0 Å². The maximum atomic E-state index is 13.1. The summed E-state index contributed by atoms with van der Waals surface area (Å²) in [6, 6.07) is 0. The second-order valence-electron chi connectivity index (χ2n) is 2.22. The Kier molecular flexibility index (Phi) is 5.02. The zero-order chi connectivity index (χ0) is 10.9. The van der Waals surface area contributed by atoms with Crippen molar-refractivity contribution in [2.75, 3.05) is 5.33 Å². The molecule has 0 aliphatic heterocycles. The molecule has 8 heteroatoms. The van der Waals surface area contributed by atoms with E-state index in [1.165, 1.54) is 0 Å². The maximum Gasteiger partial charge on any atom is 0.341 e. The molecule has 0 spiro atoms. The van der Waals surface area contributed by atoms with Crippen molar-refractivity contribution in [3.63, 3.8) is 0 Å². The SMILES string of the molecule is FC(Cl)(CCBr)C(F)(F)C(Cl)(Cl)Cl. The van der Waals surface area contributed by atoms with Crippen molar-refractivity contribution in [2.45, 2.75) is 21.3 Å². The Morgan fingerprint density at radius 2 is 1.38 bits per heavy atom. The van der Waals surface area contributed by atoms with E-state index >= 15 is 0 Å². The molecule has 0 fully saturated rings. The Labute approximate surface area is 102 Å². The van der Waals surface area contributed by atoms with Crippen LogP contribution in [0.3, 0.4) is 0 Å². The number of halogens is 8. The van der Waals surface area contributed by atoms with E-state index in [1.54, 1.807) is 0 Å². The van der Waals surface area contributed by atoms with Gasteiger partial charge in [0.05, 0.1) is 0 Å². The fourth-order valence-electron chi connectivity index (χ4n) is 0.483. The van der Waals surface area contributed by atoms with Gasteiger partial charge in [0.25, 0.3) is 8.92 Å². The van der Waals surface area contributed by atoms with Gasteiger partial charge in [0.2, 0.25) is 0 Å². The van der Waals surface area contributed by atoms with Gasteiger partial charge in [-0.05, 0) is 0 Å². The summed E-state index contributed by atoms with van der Waals surface area (Å²) in [5.74, 6) is -4.25. The minimum atomic E-state index is -4.25. The molecule has 0 amide bonds. The highest BCUT2D eigenvalue weighted by Crippen LogP contribution is 2.53. The molecule has 80 valence electrons. The molecule has 0 bridgehead atoms. The van der Waals surface area contributed by atoms with Crippen LogP contribution in [0.25, 0.3) is 0 Å². The largest absolute Gasteiger partial charge is 0.341 e. The molecule has 0 aliphatic rings. The molecule has 0 aliphatic carbocycles. The summed E-state index contributed by atoms with van der Waals surface area (Å²) in [4.78, 5) is 0. The first-order chi connectivity index (χ1) is 5.56. The molecule has 0 aromatic heterocycles. The number of hydrogen-bond acceptors (Lipinski definition) is 0. The maximum absolute atomic E-state index is 13.1. The Morgan fingerprint density at radius 1 is 1.00 bits per heavy atom. The molecule has 0 saturated carbocycles. The van der Waals surface area contributed by atoms with Crippen molar-refractivity contribution in [1.29, 1.82) is 0 Å². The Balaban J connectivity index is 4.81. The van der Waals surface area contributed by atoms with Crippen molar-refractivity contribution in [1.82, 2.24) is 0 Å². The van der Waals surface area contributed by atoms with Gasteiger partial charge in [0, 0.05) is 11.8 Å². The van der Waals surface area contributed by atoms with Gasteiger partial charge >= 0.3 is 5.92 Å². The topological polar surface area (TPSA) is 0 Å². The van der Waals surface area contributed by atoms with Crippen LogP contribution in [0.4, 0.5) is 13.2 Å². The Morgan fingerprint density at radius 3 is 1.62 bits per heavy atom. The third-order valence-electron chi connectivity index (χ3n) is 1.22. The van der Waals surface area contributed by atoms with E-state index < -0.39 is 21.3 Å². The number of rotatable bonds is 3. The van der Waals surface area contributed by atoms with E-state index in [-0.39, 0.29) is 5.33 Å². The Bertz CT molecular complexity index is 179. The van der Waals surface area contributed by atoms with Crippen molar-refractivity contribution >= 4 is 62.3 Å². The highest BCUT2D eigenvalue weighted by Gasteiger charge is 2.65. The first kappa shape index (κ1) is 14.4. The highest BCUT2D eigenvalue weighted by molar-refractivity contribution is 9.09. The lowest BCUT2D eigenvalue weighted by Gasteiger charge is -2.32. The first-order valence-electron chi connectivity index (χ1n) is 2.94. The predicted octanol–water partition coefficient (Wildman–Crippen LogP) is 4.68. The number of hydrogen-bond donors (Lipinski definition) is 0. The van der Waals surface area contributed by atoms with Gasteiger partial charge in [-0.3, -0.25) is 0 Å². The molecule has 1 unspecified atom stereocenters. The summed E-state index contributed by atoms with van der Waals surface area (Å²) >= 11 is 22.3. The molecule has 0 nitrogen and oxygen atoms in total. The van der Waals surface area contributed by atoms with Gasteiger partial charge in [0.15, 0.2) is 0 Å². The Hall–Kier alpha value is 1.43. The van der Waals surface area contributed by atoms with Gasteiger partial charge in [-0.1, -0.05) is 62.3 Å². The van der Waals surface area contributed by atoms with Crippen LogP contribution in [0.5, 0.6) is 0 Å². The third-order valence-corrected chi connectivity index (χ3v) is 2.76. The van der Waals surface area contributed by atoms with Crippen molar-refractivity contribution in [2.24, 2.45) is 0 Å². The minimum absolute atomic E-state index is 0.0661. The lowest BCUT2D eigenvalue weighted by Crippen LogP contribution is -2.49. The van der Waals surface area contributed by atoms with Crippen LogP contribution in [0.15, 0.2) is 0 Å². The van der Waals surface area contributed by atoms with Crippen LogP contribution in [-0.4, -0.2) is 20.2 Å². The first-order valence-corrected chi connectivity index (χ1v) is 5.58. The quantitative estimate of drug-likeness (QED) is 0.653. The molecule has 0 aromatic carbocycles. The van der Waals surface area contributed by atoms with Gasteiger partial charge in [-0.25, -0.2) is 4.39 Å². The van der Waals surface area contributed by atoms with Crippen molar-refractivity contribution < 1.29 is 13.2 Å². The monoisotopic (exact) mass is 340 g/mol. The van der Waals surface area contributed by atoms with Crippen LogP contribution >= 0.6 is 62.3 Å². The van der Waals surface area contributed by atoms with Gasteiger partial charge < -0.3 is 0 Å². The van der Waals surface area contributed by atoms with Crippen LogP contribution < -0.4 is 0 Å². The highest BCUT2D eigenvalue weighted by atomic mass is 79.9. The standard InChI is InChI=1S/C5H4BrCl4F3/c6-2-1-3(7,11)4(12,13)5(8,9)10/h1-2H2. The second-order valence-corrected chi connectivity index (χ2v) is 5.89. The van der Waals surface area contributed by atoms with Crippen LogP contribution in [-0.2, 0) is 0 Å². The van der Waals surface area contributed by atoms with Crippen LogP contribution in [0.2, 0.25) is 0 Å². The molecule has 13 heavy (non-hydrogen) atoms. The van der Waals surface area contributed by atoms with Crippen LogP contribution in [0.1, 0.15) is 6.42 Å². The molecule has 0 saturated heterocycles. The van der Waals surface area contributed by atoms with E-state index in [0.717, 1.165) is 0 Å². The molecule has 0 N–H and O–H groups in total. The third kappa shape index (κ3) is 3.20. The molecule has 0 rings (SSSR count). The van der Waals surface area contributed by atoms with Crippen molar-refractivity contribution in [3.05, 3.63) is 0 Å². The van der Waals surface area contributed by atoms with Gasteiger partial charge in [-0.15, -0.1) is 0 Å². The lowest BCUT2D eigenvalue weighted by atomic mass is 10.2. The molecule has 1 atom stereocenters. The summed E-state index contributed by atoms with van der Waals surface area (Å²) in [6.45, 7) is 0. The second kappa shape index (κ2) is 4.52. The zero-order valence-electron chi connectivity index (χ0n) is 5.94. The molecule has 0 radical (unpaired) electrons. The van der Waals surface area contributed by atoms with Crippen molar-refractivity contribution in [3.8, 4) is 0 Å². The van der Waals surface area contributed by atoms with Gasteiger partial charge in [-0.2, -0.15) is 8.78 Å². The molecule has 0 heterocycles. The normalized spacial score (nSPS) is 18.5. The average molecular weight is 343 g/mol. The zero-order valence-corrected chi connectivity index (χ0v) is 10.5. The van der Waals surface area contributed by atoms with E-state index in [2.05, 4.69) is 15.9 Å². The molecule has 0 aromatic rings. The lowest BCUT2D eigenvalue weighted by molar-refractivity contribution is -0.0918. The van der Waals surface area contributed by atoms with Crippen LogP contribution in [0, 0.1) is 0 Å². The summed E-state index contributed by atoms with van der Waals surface area (Å²) in [5, 5.41) is -3.44. The van der Waals surface area contributed by atoms with E-state index in [9.17, 15) is 13.2 Å². The molecular weight excluding hydrogens is 339 g/mol. The fraction of sp³-hybridized carbons (Fsp3) is 1.00. The molecular formula is C5H4BrCl4F3. The summed E-state index contributed by atoms with van der Waals surface area (Å²) in [5.41, 5.74) is 0. The van der Waals surface area contributed by atoms with E-state index in [0.29, 0.717) is 0 Å². The minimum Gasteiger partial charge on any atom is -0.219 e. The summed E-state index contributed by atoms with van der Waals surface area (Å²) < 4.78 is 36.0. The van der Waals surface area contributed by atoms with Gasteiger partial charge in [0.1, 0.15) is 0 Å². The summed E-state index contributed by atoms with van der Waals surface area (Å²) in [6.07, 6.45) is -0.671. The van der Waals surface area contributed by atoms with E-state index in [4.69, 9.17) is 46.4 Å². The summed E-state index contributed by atoms with van der Waals surface area (Å²) in [7, 11) is 0. The number of alkyl halides is 8. The average Bonchev–Trinajstić information content (AvgIpc) is 1.84.